The molecule has 2 heterocycles. The monoisotopic (exact) mass is 262 g/mol. The van der Waals surface area contributed by atoms with Crippen LogP contribution in [0, 0.1) is 0 Å². The molecule has 0 amide bonds. The van der Waals surface area contributed by atoms with Gasteiger partial charge in [0, 0.05) is 24.7 Å². The Bertz CT molecular complexity index is 488. The SMILES string of the molecule is NCc1ccoc1CN(Cc1ccsc1)C1CC1. The molecule has 1 aliphatic rings. The summed E-state index contributed by atoms with van der Waals surface area (Å²) in [6.45, 7) is 2.45. The van der Waals surface area contributed by atoms with Crippen LogP contribution in [0.2, 0.25) is 0 Å². The summed E-state index contributed by atoms with van der Waals surface area (Å²) in [6, 6.07) is 4.90. The van der Waals surface area contributed by atoms with E-state index in [0.717, 1.165) is 30.5 Å². The third-order valence-electron chi connectivity index (χ3n) is 3.43. The first-order valence-corrected chi connectivity index (χ1v) is 7.31. The van der Waals surface area contributed by atoms with Crippen molar-refractivity contribution in [1.82, 2.24) is 4.90 Å². The lowest BCUT2D eigenvalue weighted by atomic mass is 10.2. The van der Waals surface area contributed by atoms with Gasteiger partial charge >= 0.3 is 0 Å². The Morgan fingerprint density at radius 2 is 2.22 bits per heavy atom. The summed E-state index contributed by atoms with van der Waals surface area (Å²) in [6.07, 6.45) is 4.36. The fraction of sp³-hybridized carbons (Fsp3) is 0.429. The molecule has 3 rings (SSSR count). The Hall–Kier alpha value is -1.10. The van der Waals surface area contributed by atoms with Crippen LogP contribution >= 0.6 is 11.3 Å². The standard InChI is InChI=1S/C14H18N2OS/c15-7-12-3-5-17-14(12)9-16(13-1-2-13)8-11-4-6-18-10-11/h3-6,10,13H,1-2,7-9,15H2. The number of hydrogen-bond donors (Lipinski definition) is 1. The van der Waals surface area contributed by atoms with Crippen molar-refractivity contribution in [1.29, 1.82) is 0 Å². The molecule has 18 heavy (non-hydrogen) atoms. The van der Waals surface area contributed by atoms with Crippen LogP contribution in [0.1, 0.15) is 29.7 Å². The summed E-state index contributed by atoms with van der Waals surface area (Å²) >= 11 is 1.76. The molecule has 0 aliphatic heterocycles. The molecule has 0 spiro atoms. The lowest BCUT2D eigenvalue weighted by molar-refractivity contribution is 0.224. The van der Waals surface area contributed by atoms with Crippen molar-refractivity contribution in [2.75, 3.05) is 0 Å². The predicted octanol–water partition coefficient (Wildman–Crippen LogP) is 2.96. The maximum Gasteiger partial charge on any atom is 0.122 e. The summed E-state index contributed by atoms with van der Waals surface area (Å²) in [4.78, 5) is 2.50. The molecular formula is C14H18N2OS. The smallest absolute Gasteiger partial charge is 0.122 e. The molecule has 1 aliphatic carbocycles. The van der Waals surface area contributed by atoms with Gasteiger partial charge < -0.3 is 10.2 Å². The molecule has 3 nitrogen and oxygen atoms in total. The van der Waals surface area contributed by atoms with E-state index in [0.29, 0.717) is 6.54 Å². The van der Waals surface area contributed by atoms with E-state index in [1.54, 1.807) is 17.6 Å². The average Bonchev–Trinajstić information content (AvgIpc) is 2.92. The first-order valence-electron chi connectivity index (χ1n) is 6.37. The van der Waals surface area contributed by atoms with Gasteiger partial charge in [0.15, 0.2) is 0 Å². The first-order chi connectivity index (χ1) is 8.86. The van der Waals surface area contributed by atoms with Gasteiger partial charge in [-0.25, -0.2) is 0 Å². The Balaban J connectivity index is 1.70. The van der Waals surface area contributed by atoms with Gasteiger partial charge in [-0.15, -0.1) is 0 Å². The third-order valence-corrected chi connectivity index (χ3v) is 4.17. The van der Waals surface area contributed by atoms with Crippen molar-refractivity contribution in [3.05, 3.63) is 46.0 Å². The van der Waals surface area contributed by atoms with E-state index >= 15 is 0 Å². The van der Waals surface area contributed by atoms with Crippen LogP contribution < -0.4 is 5.73 Å². The molecule has 1 saturated carbocycles. The highest BCUT2D eigenvalue weighted by Gasteiger charge is 2.30. The minimum atomic E-state index is 0.558. The molecule has 1 fully saturated rings. The molecule has 0 bridgehead atoms. The van der Waals surface area contributed by atoms with E-state index in [2.05, 4.69) is 21.7 Å². The largest absolute Gasteiger partial charge is 0.468 e. The van der Waals surface area contributed by atoms with E-state index < -0.39 is 0 Å². The van der Waals surface area contributed by atoms with Gasteiger partial charge in [-0.1, -0.05) is 0 Å². The minimum Gasteiger partial charge on any atom is -0.468 e. The Kier molecular flexibility index (Phi) is 3.50. The quantitative estimate of drug-likeness (QED) is 0.870. The normalized spacial score (nSPS) is 15.4. The zero-order valence-electron chi connectivity index (χ0n) is 10.3. The average molecular weight is 262 g/mol. The predicted molar refractivity (Wildman–Crippen MR) is 73.2 cm³/mol. The molecule has 4 heteroatoms. The van der Waals surface area contributed by atoms with Crippen molar-refractivity contribution in [3.63, 3.8) is 0 Å². The summed E-state index contributed by atoms with van der Waals surface area (Å²) in [5.74, 6) is 1.03. The molecule has 0 saturated heterocycles. The molecule has 0 aromatic carbocycles. The lowest BCUT2D eigenvalue weighted by Gasteiger charge is -2.20. The number of thiophene rings is 1. The highest BCUT2D eigenvalue weighted by atomic mass is 32.1. The number of furan rings is 1. The number of nitrogens with two attached hydrogens (primary N) is 1. The molecule has 0 unspecified atom stereocenters. The van der Waals surface area contributed by atoms with Crippen LogP contribution in [0.4, 0.5) is 0 Å². The highest BCUT2D eigenvalue weighted by molar-refractivity contribution is 7.07. The van der Waals surface area contributed by atoms with Crippen LogP contribution in [0.25, 0.3) is 0 Å². The molecule has 2 aromatic rings. The molecule has 2 aromatic heterocycles. The van der Waals surface area contributed by atoms with E-state index in [4.69, 9.17) is 10.2 Å². The van der Waals surface area contributed by atoms with Crippen molar-refractivity contribution in [3.8, 4) is 0 Å². The van der Waals surface area contributed by atoms with Crippen molar-refractivity contribution >= 4 is 11.3 Å². The number of nitrogens with zero attached hydrogens (tertiary/aromatic N) is 1. The number of rotatable bonds is 6. The van der Waals surface area contributed by atoms with Gasteiger partial charge in [-0.2, -0.15) is 11.3 Å². The van der Waals surface area contributed by atoms with Crippen LogP contribution in [0.5, 0.6) is 0 Å². The Morgan fingerprint density at radius 1 is 1.33 bits per heavy atom. The summed E-state index contributed by atoms with van der Waals surface area (Å²) < 4.78 is 5.56. The maximum atomic E-state index is 5.72. The van der Waals surface area contributed by atoms with Crippen LogP contribution in [0.3, 0.4) is 0 Å². The topological polar surface area (TPSA) is 42.4 Å². The fourth-order valence-electron chi connectivity index (χ4n) is 2.24. The second kappa shape index (κ2) is 5.26. The Morgan fingerprint density at radius 3 is 2.89 bits per heavy atom. The van der Waals surface area contributed by atoms with E-state index in [1.165, 1.54) is 18.4 Å². The second-order valence-electron chi connectivity index (χ2n) is 4.84. The molecule has 2 N–H and O–H groups in total. The molecule has 0 radical (unpaired) electrons. The lowest BCUT2D eigenvalue weighted by Crippen LogP contribution is -2.25. The zero-order valence-corrected chi connectivity index (χ0v) is 11.2. The highest BCUT2D eigenvalue weighted by Crippen LogP contribution is 2.30. The number of hydrogen-bond acceptors (Lipinski definition) is 4. The van der Waals surface area contributed by atoms with Crippen molar-refractivity contribution < 1.29 is 4.42 Å². The van der Waals surface area contributed by atoms with Crippen molar-refractivity contribution in [2.45, 2.75) is 38.5 Å². The minimum absolute atomic E-state index is 0.558. The van der Waals surface area contributed by atoms with Gasteiger partial charge in [-0.05, 0) is 41.3 Å². The van der Waals surface area contributed by atoms with Crippen molar-refractivity contribution in [2.24, 2.45) is 5.73 Å². The van der Waals surface area contributed by atoms with Crippen LogP contribution in [-0.2, 0) is 19.6 Å². The zero-order chi connectivity index (χ0) is 12.4. The Labute approximate surface area is 111 Å². The summed E-state index contributed by atoms with van der Waals surface area (Å²) in [5.41, 5.74) is 8.25. The van der Waals surface area contributed by atoms with Crippen LogP contribution in [0.15, 0.2) is 33.6 Å². The maximum absolute atomic E-state index is 5.72. The molecule has 0 atom stereocenters. The third kappa shape index (κ3) is 2.66. The first kappa shape index (κ1) is 12.0. The molecule has 96 valence electrons. The second-order valence-corrected chi connectivity index (χ2v) is 5.62. The summed E-state index contributed by atoms with van der Waals surface area (Å²) in [7, 11) is 0. The van der Waals surface area contributed by atoms with Gasteiger partial charge in [0.25, 0.3) is 0 Å². The molecular weight excluding hydrogens is 244 g/mol. The fourth-order valence-corrected chi connectivity index (χ4v) is 2.90. The van der Waals surface area contributed by atoms with Gasteiger partial charge in [0.1, 0.15) is 5.76 Å². The van der Waals surface area contributed by atoms with E-state index in [-0.39, 0.29) is 0 Å². The van der Waals surface area contributed by atoms with Gasteiger partial charge in [0.05, 0.1) is 12.8 Å². The van der Waals surface area contributed by atoms with Gasteiger partial charge in [0.2, 0.25) is 0 Å². The van der Waals surface area contributed by atoms with Crippen LogP contribution in [-0.4, -0.2) is 10.9 Å². The summed E-state index contributed by atoms with van der Waals surface area (Å²) in [5, 5.41) is 4.36. The van der Waals surface area contributed by atoms with Gasteiger partial charge in [-0.3, -0.25) is 4.90 Å². The van der Waals surface area contributed by atoms with E-state index in [9.17, 15) is 0 Å². The van der Waals surface area contributed by atoms with E-state index in [1.807, 2.05) is 6.07 Å².